The van der Waals surface area contributed by atoms with E-state index in [1.807, 2.05) is 32.0 Å². The summed E-state index contributed by atoms with van der Waals surface area (Å²) in [4.78, 5) is 4.76. The normalized spacial score (nSPS) is 18.7. The van der Waals surface area contributed by atoms with Crippen LogP contribution in [0.25, 0.3) is 0 Å². The van der Waals surface area contributed by atoms with Crippen molar-refractivity contribution in [2.45, 2.75) is 26.9 Å². The van der Waals surface area contributed by atoms with Gasteiger partial charge in [0.1, 0.15) is 18.5 Å². The summed E-state index contributed by atoms with van der Waals surface area (Å²) in [6.07, 6.45) is -0.433. The summed E-state index contributed by atoms with van der Waals surface area (Å²) in [5, 5.41) is 10.2. The second kappa shape index (κ2) is 7.78. The quantitative estimate of drug-likeness (QED) is 0.865. The Morgan fingerprint density at radius 2 is 1.67 bits per heavy atom. The van der Waals surface area contributed by atoms with Crippen LogP contribution in [0, 0.1) is 13.8 Å². The van der Waals surface area contributed by atoms with Crippen molar-refractivity contribution in [1.29, 1.82) is 0 Å². The number of hydrogen-bond donors (Lipinski definition) is 1. The van der Waals surface area contributed by atoms with E-state index in [9.17, 15) is 5.11 Å². The van der Waals surface area contributed by atoms with Crippen molar-refractivity contribution in [3.8, 4) is 5.75 Å². The summed E-state index contributed by atoms with van der Waals surface area (Å²) < 4.78 is 5.83. The highest BCUT2D eigenvalue weighted by Gasteiger charge is 2.18. The van der Waals surface area contributed by atoms with E-state index < -0.39 is 6.10 Å². The lowest BCUT2D eigenvalue weighted by atomic mass is 10.1. The first-order valence-corrected chi connectivity index (χ1v) is 7.92. The predicted octanol–water partition coefficient (Wildman–Crippen LogP) is 1.68. The average Bonchev–Trinajstić information content (AvgIpc) is 2.47. The van der Waals surface area contributed by atoms with Gasteiger partial charge in [-0.25, -0.2) is 0 Å². The van der Waals surface area contributed by atoms with Crippen LogP contribution in [0.2, 0.25) is 0 Å². The smallest absolute Gasteiger partial charge is 0.125 e. The van der Waals surface area contributed by atoms with E-state index in [0.29, 0.717) is 13.2 Å². The Balaban J connectivity index is 1.76. The van der Waals surface area contributed by atoms with Gasteiger partial charge in [-0.2, -0.15) is 0 Å². The summed E-state index contributed by atoms with van der Waals surface area (Å²) in [6.45, 7) is 12.7. The van der Waals surface area contributed by atoms with Crippen LogP contribution in [0.4, 0.5) is 0 Å². The van der Waals surface area contributed by atoms with Crippen molar-refractivity contribution in [1.82, 2.24) is 9.80 Å². The molecule has 1 atom stereocenters. The van der Waals surface area contributed by atoms with Crippen molar-refractivity contribution in [2.24, 2.45) is 0 Å². The topological polar surface area (TPSA) is 35.9 Å². The molecule has 1 heterocycles. The zero-order valence-electron chi connectivity index (χ0n) is 13.5. The van der Waals surface area contributed by atoms with Crippen LogP contribution in [0.5, 0.6) is 5.75 Å². The van der Waals surface area contributed by atoms with E-state index in [2.05, 4.69) is 16.7 Å². The van der Waals surface area contributed by atoms with E-state index in [0.717, 1.165) is 49.6 Å². The number of benzene rings is 1. The van der Waals surface area contributed by atoms with Crippen molar-refractivity contribution in [2.75, 3.05) is 45.9 Å². The van der Waals surface area contributed by atoms with E-state index in [1.165, 1.54) is 0 Å². The third kappa shape index (κ3) is 4.70. The lowest BCUT2D eigenvalue weighted by Crippen LogP contribution is -2.49. The molecule has 1 aliphatic rings. The molecule has 0 bridgehead atoms. The van der Waals surface area contributed by atoms with Gasteiger partial charge < -0.3 is 14.7 Å². The zero-order valence-corrected chi connectivity index (χ0v) is 13.5. The third-order valence-corrected chi connectivity index (χ3v) is 4.21. The Hall–Kier alpha value is -1.10. The van der Waals surface area contributed by atoms with E-state index in [1.54, 1.807) is 0 Å². The number of aliphatic hydroxyl groups is 1. The molecular weight excluding hydrogens is 264 g/mol. The van der Waals surface area contributed by atoms with Gasteiger partial charge in [-0.15, -0.1) is 0 Å². The van der Waals surface area contributed by atoms with E-state index in [-0.39, 0.29) is 0 Å². The highest BCUT2D eigenvalue weighted by Crippen LogP contribution is 2.22. The first kappa shape index (κ1) is 16.3. The van der Waals surface area contributed by atoms with Gasteiger partial charge >= 0.3 is 0 Å². The summed E-state index contributed by atoms with van der Waals surface area (Å²) >= 11 is 0. The Kier molecular flexibility index (Phi) is 6.03. The SMILES string of the molecule is CCN1CCN(C[C@H](O)COc2c(C)cccc2C)CC1. The number of ether oxygens (including phenoxy) is 1. The number of nitrogens with zero attached hydrogens (tertiary/aromatic N) is 2. The number of aliphatic hydroxyl groups excluding tert-OH is 1. The fourth-order valence-corrected chi connectivity index (χ4v) is 2.85. The molecule has 0 unspecified atom stereocenters. The Morgan fingerprint density at radius 3 is 2.24 bits per heavy atom. The minimum Gasteiger partial charge on any atom is -0.490 e. The Labute approximate surface area is 128 Å². The molecular formula is C17H28N2O2. The van der Waals surface area contributed by atoms with Gasteiger partial charge in [0.2, 0.25) is 0 Å². The molecule has 1 N–H and O–H groups in total. The zero-order chi connectivity index (χ0) is 15.2. The maximum Gasteiger partial charge on any atom is 0.125 e. The fraction of sp³-hybridized carbons (Fsp3) is 0.647. The van der Waals surface area contributed by atoms with Crippen molar-refractivity contribution >= 4 is 0 Å². The molecule has 4 heteroatoms. The summed E-state index contributed by atoms with van der Waals surface area (Å²) in [5.41, 5.74) is 2.25. The molecule has 1 aliphatic heterocycles. The third-order valence-electron chi connectivity index (χ3n) is 4.21. The van der Waals surface area contributed by atoms with Crippen LogP contribution in [0.3, 0.4) is 0 Å². The average molecular weight is 292 g/mol. The highest BCUT2D eigenvalue weighted by atomic mass is 16.5. The van der Waals surface area contributed by atoms with Crippen LogP contribution >= 0.6 is 0 Å². The van der Waals surface area contributed by atoms with Gasteiger partial charge in [0, 0.05) is 32.7 Å². The minimum absolute atomic E-state index is 0.361. The standard InChI is InChI=1S/C17H28N2O2/c1-4-18-8-10-19(11-9-18)12-16(20)13-21-17-14(2)6-5-7-15(17)3/h5-7,16,20H,4,8-13H2,1-3H3/t16-/m0/s1. The molecule has 1 saturated heterocycles. The molecule has 0 amide bonds. The lowest BCUT2D eigenvalue weighted by molar-refractivity contribution is 0.0468. The number of β-amino-alcohol motifs (C(OH)–C–C–N with tert-alkyl or cyclic N) is 1. The van der Waals surface area contributed by atoms with Crippen LogP contribution in [0.1, 0.15) is 18.1 Å². The van der Waals surface area contributed by atoms with Crippen molar-refractivity contribution < 1.29 is 9.84 Å². The number of aryl methyl sites for hydroxylation is 2. The largest absolute Gasteiger partial charge is 0.490 e. The van der Waals surface area contributed by atoms with Crippen LogP contribution in [-0.2, 0) is 0 Å². The number of hydrogen-bond acceptors (Lipinski definition) is 4. The molecule has 0 spiro atoms. The van der Waals surface area contributed by atoms with Gasteiger partial charge in [0.15, 0.2) is 0 Å². The molecule has 0 aromatic heterocycles. The highest BCUT2D eigenvalue weighted by molar-refractivity contribution is 5.39. The molecule has 4 nitrogen and oxygen atoms in total. The molecule has 1 aromatic rings. The van der Waals surface area contributed by atoms with Crippen LogP contribution in [0.15, 0.2) is 18.2 Å². The molecule has 0 aliphatic carbocycles. The summed E-state index contributed by atoms with van der Waals surface area (Å²) in [5.74, 6) is 0.910. The Bertz CT molecular complexity index is 422. The second-order valence-corrected chi connectivity index (χ2v) is 5.92. The van der Waals surface area contributed by atoms with E-state index in [4.69, 9.17) is 4.74 Å². The second-order valence-electron chi connectivity index (χ2n) is 5.92. The number of piperazine rings is 1. The van der Waals surface area contributed by atoms with Crippen molar-refractivity contribution in [3.05, 3.63) is 29.3 Å². The molecule has 1 aromatic carbocycles. The minimum atomic E-state index is -0.433. The first-order chi connectivity index (χ1) is 10.1. The van der Waals surface area contributed by atoms with E-state index >= 15 is 0 Å². The first-order valence-electron chi connectivity index (χ1n) is 7.92. The van der Waals surface area contributed by atoms with Gasteiger partial charge in [0.25, 0.3) is 0 Å². The van der Waals surface area contributed by atoms with Gasteiger partial charge in [0.05, 0.1) is 0 Å². The molecule has 118 valence electrons. The summed E-state index contributed by atoms with van der Waals surface area (Å²) in [7, 11) is 0. The van der Waals surface area contributed by atoms with Crippen LogP contribution in [-0.4, -0.2) is 66.9 Å². The number of likely N-dealkylation sites (N-methyl/N-ethyl adjacent to an activating group) is 1. The van der Waals surface area contributed by atoms with Gasteiger partial charge in [-0.3, -0.25) is 4.90 Å². The van der Waals surface area contributed by atoms with Crippen molar-refractivity contribution in [3.63, 3.8) is 0 Å². The maximum absolute atomic E-state index is 10.2. The van der Waals surface area contributed by atoms with Crippen LogP contribution < -0.4 is 4.74 Å². The molecule has 21 heavy (non-hydrogen) atoms. The monoisotopic (exact) mass is 292 g/mol. The Morgan fingerprint density at radius 1 is 1.10 bits per heavy atom. The summed E-state index contributed by atoms with van der Waals surface area (Å²) in [6, 6.07) is 6.11. The number of para-hydroxylation sites is 1. The van der Waals surface area contributed by atoms with Gasteiger partial charge in [-0.05, 0) is 31.5 Å². The molecule has 0 radical (unpaired) electrons. The lowest BCUT2D eigenvalue weighted by Gasteiger charge is -2.34. The fourth-order valence-electron chi connectivity index (χ4n) is 2.85. The predicted molar refractivity (Wildman–Crippen MR) is 86.0 cm³/mol. The number of rotatable bonds is 6. The molecule has 1 fully saturated rings. The molecule has 0 saturated carbocycles. The molecule has 2 rings (SSSR count). The van der Waals surface area contributed by atoms with Gasteiger partial charge in [-0.1, -0.05) is 25.1 Å². The maximum atomic E-state index is 10.2.